The van der Waals surface area contributed by atoms with E-state index >= 15 is 0 Å². The van der Waals surface area contributed by atoms with Gasteiger partial charge in [0.05, 0.1) is 21.6 Å². The van der Waals surface area contributed by atoms with E-state index in [1.807, 2.05) is 20.8 Å². The molecule has 4 rings (SSSR count). The maximum atomic E-state index is 13.9. The zero-order valence-corrected chi connectivity index (χ0v) is 21.3. The van der Waals surface area contributed by atoms with Gasteiger partial charge in [-0.3, -0.25) is 0 Å². The topological polar surface area (TPSA) is 119 Å². The summed E-state index contributed by atoms with van der Waals surface area (Å²) >= 11 is 0.741. The largest absolute Gasteiger partial charge is 0.512 e. The van der Waals surface area contributed by atoms with Gasteiger partial charge in [-0.25, -0.2) is 22.2 Å². The fraction of sp³-hybridized carbons (Fsp3) is 0.250. The van der Waals surface area contributed by atoms with Crippen molar-refractivity contribution in [3.05, 3.63) is 76.4 Å². The number of benzene rings is 1. The molecule has 0 aliphatic carbocycles. The number of nitrogens with zero attached hydrogens (tertiary/aromatic N) is 2. The molecule has 0 radical (unpaired) electrons. The van der Waals surface area contributed by atoms with Crippen molar-refractivity contribution >= 4 is 38.5 Å². The monoisotopic (exact) mass is 554 g/mol. The van der Waals surface area contributed by atoms with Gasteiger partial charge in [0.15, 0.2) is 5.06 Å². The number of carbonyl (C=O) groups is 1. The number of alkyl halides is 3. The number of aromatic nitrogens is 2. The van der Waals surface area contributed by atoms with E-state index in [0.717, 1.165) is 27.4 Å². The SMILES string of the molecule is CC(C)(C)c1cccc(S(=O)(=O)n2c(C(O)c3ccc(OC(=O)O)s3)cc3nc(C(F)(F)F)ccc32)c1. The van der Waals surface area contributed by atoms with Crippen LogP contribution in [0.3, 0.4) is 0 Å². The summed E-state index contributed by atoms with van der Waals surface area (Å²) in [6.07, 6.45) is -8.01. The van der Waals surface area contributed by atoms with Crippen LogP contribution < -0.4 is 4.74 Å². The molecule has 1 atom stereocenters. The summed E-state index contributed by atoms with van der Waals surface area (Å²) in [4.78, 5) is 14.4. The Hall–Kier alpha value is -3.42. The smallest absolute Gasteiger partial charge is 0.449 e. The van der Waals surface area contributed by atoms with Crippen molar-refractivity contribution in [3.8, 4) is 5.06 Å². The Labute approximate surface area is 213 Å². The lowest BCUT2D eigenvalue weighted by Gasteiger charge is -2.21. The highest BCUT2D eigenvalue weighted by molar-refractivity contribution is 7.90. The normalized spacial score (nSPS) is 13.6. The number of aliphatic hydroxyl groups excluding tert-OH is 1. The number of thiophene rings is 1. The highest BCUT2D eigenvalue weighted by Gasteiger charge is 2.35. The molecule has 0 aliphatic rings. The first-order chi connectivity index (χ1) is 17.1. The molecule has 1 aromatic carbocycles. The lowest BCUT2D eigenvalue weighted by molar-refractivity contribution is -0.140. The second kappa shape index (κ2) is 9.15. The van der Waals surface area contributed by atoms with Crippen molar-refractivity contribution in [2.24, 2.45) is 0 Å². The number of carboxylic acid groups (broad SMARTS) is 1. The van der Waals surface area contributed by atoms with E-state index in [-0.39, 0.29) is 31.6 Å². The molecule has 4 aromatic rings. The third-order valence-corrected chi connectivity index (χ3v) is 8.26. The Morgan fingerprint density at radius 2 is 1.78 bits per heavy atom. The Bertz CT molecular complexity index is 1600. The molecule has 1 unspecified atom stereocenters. The first kappa shape index (κ1) is 26.6. The van der Waals surface area contributed by atoms with Crippen molar-refractivity contribution in [1.29, 1.82) is 0 Å². The van der Waals surface area contributed by atoms with Crippen LogP contribution in [0.25, 0.3) is 11.0 Å². The average Bonchev–Trinajstić information content (AvgIpc) is 3.41. The van der Waals surface area contributed by atoms with Crippen LogP contribution >= 0.6 is 11.3 Å². The maximum Gasteiger partial charge on any atom is 0.512 e. The van der Waals surface area contributed by atoms with Crippen LogP contribution in [-0.4, -0.2) is 33.7 Å². The zero-order valence-electron chi connectivity index (χ0n) is 19.6. The van der Waals surface area contributed by atoms with Crippen molar-refractivity contribution < 1.29 is 41.3 Å². The summed E-state index contributed by atoms with van der Waals surface area (Å²) in [5.41, 5.74) is -1.64. The van der Waals surface area contributed by atoms with Gasteiger partial charge < -0.3 is 14.9 Å². The van der Waals surface area contributed by atoms with E-state index in [0.29, 0.717) is 11.6 Å². The standard InChI is InChI=1S/C24H21F3N2O6S2/c1-23(2,3)13-5-4-6-14(11-13)37(33,34)29-16-7-9-19(24(25,26)27)28-15(16)12-17(29)21(30)18-8-10-20(36-18)35-22(31)32/h4-12,21,30H,1-3H3,(H,31,32). The Balaban J connectivity index is 1.95. The van der Waals surface area contributed by atoms with E-state index in [9.17, 15) is 31.5 Å². The predicted molar refractivity (Wildman–Crippen MR) is 129 cm³/mol. The minimum atomic E-state index is -4.77. The summed E-state index contributed by atoms with van der Waals surface area (Å²) in [5.74, 6) is 0. The van der Waals surface area contributed by atoms with E-state index < -0.39 is 39.6 Å². The first-order valence-corrected chi connectivity index (χ1v) is 13.0. The third kappa shape index (κ3) is 5.20. The summed E-state index contributed by atoms with van der Waals surface area (Å²) in [5, 5.41) is 19.8. The number of pyridine rings is 1. The summed E-state index contributed by atoms with van der Waals surface area (Å²) in [7, 11) is -4.43. The second-order valence-corrected chi connectivity index (χ2v) is 12.0. The lowest BCUT2D eigenvalue weighted by Crippen LogP contribution is -2.19. The van der Waals surface area contributed by atoms with Crippen molar-refractivity contribution in [2.45, 2.75) is 43.4 Å². The molecule has 13 heteroatoms. The van der Waals surface area contributed by atoms with Crippen LogP contribution in [0.1, 0.15) is 48.7 Å². The number of ether oxygens (including phenoxy) is 1. The number of hydrogen-bond acceptors (Lipinski definition) is 7. The fourth-order valence-electron chi connectivity index (χ4n) is 3.70. The molecular weight excluding hydrogens is 533 g/mol. The molecule has 0 bridgehead atoms. The number of halogens is 3. The van der Waals surface area contributed by atoms with Crippen LogP contribution in [0.5, 0.6) is 5.06 Å². The lowest BCUT2D eigenvalue weighted by atomic mass is 9.87. The van der Waals surface area contributed by atoms with E-state index in [1.165, 1.54) is 24.3 Å². The van der Waals surface area contributed by atoms with Gasteiger partial charge in [-0.1, -0.05) is 32.9 Å². The molecular formula is C24H21F3N2O6S2. The van der Waals surface area contributed by atoms with Gasteiger partial charge in [-0.2, -0.15) is 13.2 Å². The molecule has 196 valence electrons. The van der Waals surface area contributed by atoms with Crippen LogP contribution in [0.4, 0.5) is 18.0 Å². The summed E-state index contributed by atoms with van der Waals surface area (Å²) < 4.78 is 73.0. The molecule has 0 saturated heterocycles. The highest BCUT2D eigenvalue weighted by atomic mass is 32.2. The molecule has 3 heterocycles. The van der Waals surface area contributed by atoms with E-state index in [1.54, 1.807) is 12.1 Å². The number of aliphatic hydroxyl groups is 1. The Morgan fingerprint density at radius 1 is 1.08 bits per heavy atom. The van der Waals surface area contributed by atoms with E-state index in [2.05, 4.69) is 9.72 Å². The van der Waals surface area contributed by atoms with Gasteiger partial charge in [0.25, 0.3) is 10.0 Å². The fourth-order valence-corrected chi connectivity index (χ4v) is 6.13. The van der Waals surface area contributed by atoms with Crippen LogP contribution in [0.2, 0.25) is 0 Å². The van der Waals surface area contributed by atoms with Gasteiger partial charge in [0.2, 0.25) is 0 Å². The van der Waals surface area contributed by atoms with Crippen LogP contribution in [0, 0.1) is 0 Å². The maximum absolute atomic E-state index is 13.9. The van der Waals surface area contributed by atoms with E-state index in [4.69, 9.17) is 5.11 Å². The van der Waals surface area contributed by atoms with Crippen molar-refractivity contribution in [3.63, 3.8) is 0 Å². The van der Waals surface area contributed by atoms with Gasteiger partial charge >= 0.3 is 12.3 Å². The van der Waals surface area contributed by atoms with Gasteiger partial charge in [0.1, 0.15) is 11.8 Å². The Morgan fingerprint density at radius 3 is 2.41 bits per heavy atom. The summed E-state index contributed by atoms with van der Waals surface area (Å²) in [6, 6.07) is 11.5. The summed E-state index contributed by atoms with van der Waals surface area (Å²) in [6.45, 7) is 5.69. The molecule has 0 saturated carbocycles. The minimum absolute atomic E-state index is 0.0811. The number of hydrogen-bond donors (Lipinski definition) is 2. The number of fused-ring (bicyclic) bond motifs is 1. The van der Waals surface area contributed by atoms with Gasteiger partial charge in [-0.05, 0) is 53.4 Å². The number of rotatable bonds is 5. The molecule has 0 spiro atoms. The molecule has 3 aromatic heterocycles. The van der Waals surface area contributed by atoms with Crippen LogP contribution in [-0.2, 0) is 21.6 Å². The Kier molecular flexibility index (Phi) is 6.59. The molecule has 37 heavy (non-hydrogen) atoms. The van der Waals surface area contributed by atoms with Gasteiger partial charge in [0, 0.05) is 4.88 Å². The van der Waals surface area contributed by atoms with Crippen molar-refractivity contribution in [2.75, 3.05) is 0 Å². The van der Waals surface area contributed by atoms with Gasteiger partial charge in [-0.15, -0.1) is 11.3 Å². The molecule has 0 amide bonds. The molecule has 0 aliphatic heterocycles. The third-order valence-electron chi connectivity index (χ3n) is 5.51. The quantitative estimate of drug-likeness (QED) is 0.300. The molecule has 8 nitrogen and oxygen atoms in total. The second-order valence-electron chi connectivity index (χ2n) is 9.14. The average molecular weight is 555 g/mol. The molecule has 2 N–H and O–H groups in total. The first-order valence-electron chi connectivity index (χ1n) is 10.7. The minimum Gasteiger partial charge on any atom is -0.449 e. The van der Waals surface area contributed by atoms with Crippen molar-refractivity contribution in [1.82, 2.24) is 8.96 Å². The van der Waals surface area contributed by atoms with Crippen LogP contribution in [0.15, 0.2) is 59.5 Å². The predicted octanol–water partition coefficient (Wildman–Crippen LogP) is 5.79. The zero-order chi connectivity index (χ0) is 27.3. The highest BCUT2D eigenvalue weighted by Crippen LogP contribution is 2.38. The molecule has 0 fully saturated rings.